The summed E-state index contributed by atoms with van der Waals surface area (Å²) in [5.41, 5.74) is 8.83. The Labute approximate surface area is 151 Å². The monoisotopic (exact) mass is 344 g/mol. The average molecular weight is 344 g/mol. The van der Waals surface area contributed by atoms with E-state index in [1.54, 1.807) is 0 Å². The van der Waals surface area contributed by atoms with Gasteiger partial charge < -0.3 is 14.0 Å². The van der Waals surface area contributed by atoms with Gasteiger partial charge in [0.1, 0.15) is 18.1 Å². The van der Waals surface area contributed by atoms with Crippen molar-refractivity contribution in [3.63, 3.8) is 0 Å². The molecule has 1 aromatic heterocycles. The standard InChI is InChI=1S/C22H20N2O2/c1-22(23,15-7-3-2-4-8-15)26-18-11-6-10-17-20(18)16-9-5-12-19-21(16)24(17)13-14-25-19/h2-12H,13-14,23H2,1H3/t22-/m0/s1. The van der Waals surface area contributed by atoms with Crippen molar-refractivity contribution in [2.75, 3.05) is 6.61 Å². The van der Waals surface area contributed by atoms with Gasteiger partial charge in [0, 0.05) is 16.3 Å². The van der Waals surface area contributed by atoms with Gasteiger partial charge in [0.05, 0.1) is 17.6 Å². The van der Waals surface area contributed by atoms with Gasteiger partial charge in [-0.2, -0.15) is 0 Å². The molecule has 4 nitrogen and oxygen atoms in total. The van der Waals surface area contributed by atoms with Crippen molar-refractivity contribution in [2.45, 2.75) is 19.2 Å². The van der Waals surface area contributed by atoms with Crippen LogP contribution in [0.25, 0.3) is 21.8 Å². The molecule has 1 aliphatic rings. The molecule has 0 radical (unpaired) electrons. The van der Waals surface area contributed by atoms with Crippen molar-refractivity contribution in [3.8, 4) is 11.5 Å². The van der Waals surface area contributed by atoms with Crippen LogP contribution < -0.4 is 15.2 Å². The van der Waals surface area contributed by atoms with E-state index >= 15 is 0 Å². The second-order valence-corrected chi connectivity index (χ2v) is 6.88. The second-order valence-electron chi connectivity index (χ2n) is 6.88. The Balaban J connectivity index is 1.73. The van der Waals surface area contributed by atoms with Gasteiger partial charge in [0.15, 0.2) is 5.72 Å². The van der Waals surface area contributed by atoms with Crippen molar-refractivity contribution >= 4 is 21.8 Å². The van der Waals surface area contributed by atoms with E-state index in [2.05, 4.69) is 16.7 Å². The summed E-state index contributed by atoms with van der Waals surface area (Å²) in [4.78, 5) is 0. The number of ether oxygens (including phenoxy) is 2. The van der Waals surface area contributed by atoms with E-state index in [0.717, 1.165) is 45.4 Å². The van der Waals surface area contributed by atoms with Gasteiger partial charge in [-0.15, -0.1) is 0 Å². The smallest absolute Gasteiger partial charge is 0.181 e. The highest BCUT2D eigenvalue weighted by atomic mass is 16.5. The number of fused-ring (bicyclic) bond motifs is 3. The van der Waals surface area contributed by atoms with Crippen LogP contribution in [-0.2, 0) is 12.3 Å². The number of hydrogen-bond acceptors (Lipinski definition) is 3. The number of benzene rings is 3. The maximum atomic E-state index is 6.53. The fourth-order valence-corrected chi connectivity index (χ4v) is 3.88. The molecule has 4 heteroatoms. The van der Waals surface area contributed by atoms with Gasteiger partial charge in [0.25, 0.3) is 0 Å². The molecule has 0 amide bonds. The average Bonchev–Trinajstić information content (AvgIpc) is 3.00. The molecule has 26 heavy (non-hydrogen) atoms. The summed E-state index contributed by atoms with van der Waals surface area (Å²) >= 11 is 0. The molecular formula is C22H20N2O2. The number of rotatable bonds is 3. The minimum Gasteiger partial charge on any atom is -0.490 e. The molecule has 0 fully saturated rings. The zero-order valence-electron chi connectivity index (χ0n) is 14.6. The summed E-state index contributed by atoms with van der Waals surface area (Å²) in [5, 5.41) is 2.22. The fraction of sp³-hybridized carbons (Fsp3) is 0.182. The van der Waals surface area contributed by atoms with Crippen LogP contribution in [0.5, 0.6) is 11.5 Å². The van der Waals surface area contributed by atoms with E-state index in [1.165, 1.54) is 0 Å². The van der Waals surface area contributed by atoms with Crippen molar-refractivity contribution in [3.05, 3.63) is 72.3 Å². The molecule has 2 heterocycles. The van der Waals surface area contributed by atoms with E-state index in [9.17, 15) is 0 Å². The highest BCUT2D eigenvalue weighted by molar-refractivity contribution is 6.13. The first kappa shape index (κ1) is 15.3. The number of aromatic nitrogens is 1. The summed E-state index contributed by atoms with van der Waals surface area (Å²) in [6, 6.07) is 22.2. The third kappa shape index (κ3) is 2.19. The molecule has 4 aromatic rings. The molecule has 130 valence electrons. The predicted octanol–water partition coefficient (Wildman–Crippen LogP) is 4.40. The van der Waals surface area contributed by atoms with Crippen LogP contribution in [0.3, 0.4) is 0 Å². The number of nitrogens with zero attached hydrogens (tertiary/aromatic N) is 1. The molecule has 2 N–H and O–H groups in total. The topological polar surface area (TPSA) is 49.4 Å². The highest BCUT2D eigenvalue weighted by Crippen LogP contribution is 2.42. The highest BCUT2D eigenvalue weighted by Gasteiger charge is 2.26. The quantitative estimate of drug-likeness (QED) is 0.561. The van der Waals surface area contributed by atoms with Gasteiger partial charge >= 0.3 is 0 Å². The van der Waals surface area contributed by atoms with E-state index in [4.69, 9.17) is 15.2 Å². The summed E-state index contributed by atoms with van der Waals surface area (Å²) in [5.74, 6) is 1.72. The first-order valence-corrected chi connectivity index (χ1v) is 8.85. The molecule has 0 saturated carbocycles. The minimum absolute atomic E-state index is 0.680. The maximum absolute atomic E-state index is 6.53. The lowest BCUT2D eigenvalue weighted by Gasteiger charge is -2.27. The Kier molecular flexibility index (Phi) is 3.24. The van der Waals surface area contributed by atoms with Crippen molar-refractivity contribution in [2.24, 2.45) is 5.73 Å². The molecule has 1 atom stereocenters. The van der Waals surface area contributed by atoms with Crippen LogP contribution in [0.1, 0.15) is 12.5 Å². The molecule has 0 bridgehead atoms. The SMILES string of the molecule is C[C@](N)(Oc1cccc2c1c1cccc3c1n2CCO3)c1ccccc1. The first-order chi connectivity index (χ1) is 12.6. The van der Waals surface area contributed by atoms with Crippen molar-refractivity contribution in [1.82, 2.24) is 4.57 Å². The zero-order chi connectivity index (χ0) is 17.7. The van der Waals surface area contributed by atoms with Crippen LogP contribution in [0, 0.1) is 0 Å². The lowest BCUT2D eigenvalue weighted by molar-refractivity contribution is 0.0968. The van der Waals surface area contributed by atoms with Gasteiger partial charge in [0.2, 0.25) is 0 Å². The largest absolute Gasteiger partial charge is 0.490 e. The molecule has 1 aliphatic heterocycles. The zero-order valence-corrected chi connectivity index (χ0v) is 14.6. The normalized spacial score (nSPS) is 15.6. The van der Waals surface area contributed by atoms with Crippen LogP contribution >= 0.6 is 0 Å². The molecule has 0 unspecified atom stereocenters. The van der Waals surface area contributed by atoms with Gasteiger partial charge in [-0.05, 0) is 25.1 Å². The molecule has 3 aromatic carbocycles. The summed E-state index contributed by atoms with van der Waals surface area (Å²) in [6.07, 6.45) is 0. The van der Waals surface area contributed by atoms with E-state index in [0.29, 0.717) is 6.61 Å². The van der Waals surface area contributed by atoms with Crippen LogP contribution in [0.2, 0.25) is 0 Å². The molecule has 5 rings (SSSR count). The van der Waals surface area contributed by atoms with E-state index in [1.807, 2.05) is 61.5 Å². The Morgan fingerprint density at radius 2 is 1.81 bits per heavy atom. The van der Waals surface area contributed by atoms with Crippen LogP contribution in [0.4, 0.5) is 0 Å². The van der Waals surface area contributed by atoms with Gasteiger partial charge in [-0.25, -0.2) is 0 Å². The molecule has 0 spiro atoms. The Morgan fingerprint density at radius 1 is 1.00 bits per heavy atom. The van der Waals surface area contributed by atoms with E-state index in [-0.39, 0.29) is 0 Å². The minimum atomic E-state index is -0.918. The lowest BCUT2D eigenvalue weighted by atomic mass is 10.1. The Morgan fingerprint density at radius 3 is 2.65 bits per heavy atom. The lowest BCUT2D eigenvalue weighted by Crippen LogP contribution is -2.39. The predicted molar refractivity (Wildman–Crippen MR) is 104 cm³/mol. The van der Waals surface area contributed by atoms with Crippen LogP contribution in [-0.4, -0.2) is 11.2 Å². The molecule has 0 saturated heterocycles. The van der Waals surface area contributed by atoms with E-state index < -0.39 is 5.72 Å². The van der Waals surface area contributed by atoms with Gasteiger partial charge in [-0.1, -0.05) is 48.5 Å². The summed E-state index contributed by atoms with van der Waals surface area (Å²) < 4.78 is 14.5. The van der Waals surface area contributed by atoms with Gasteiger partial charge in [-0.3, -0.25) is 5.73 Å². The number of para-hydroxylation sites is 1. The molecular weight excluding hydrogens is 324 g/mol. The number of hydrogen-bond donors (Lipinski definition) is 1. The van der Waals surface area contributed by atoms with Crippen molar-refractivity contribution in [1.29, 1.82) is 0 Å². The Bertz CT molecular complexity index is 1110. The maximum Gasteiger partial charge on any atom is 0.181 e. The third-order valence-corrected chi connectivity index (χ3v) is 5.07. The van der Waals surface area contributed by atoms with Crippen molar-refractivity contribution < 1.29 is 9.47 Å². The number of nitrogens with two attached hydrogens (primary N) is 1. The summed E-state index contributed by atoms with van der Waals surface area (Å²) in [7, 11) is 0. The fourth-order valence-electron chi connectivity index (χ4n) is 3.88. The Hall–Kier alpha value is -2.98. The first-order valence-electron chi connectivity index (χ1n) is 8.85. The third-order valence-electron chi connectivity index (χ3n) is 5.07. The second kappa shape index (κ2) is 5.51. The van der Waals surface area contributed by atoms with Crippen LogP contribution in [0.15, 0.2) is 66.7 Å². The molecule has 0 aliphatic carbocycles. The summed E-state index contributed by atoms with van der Waals surface area (Å²) in [6.45, 7) is 3.41.